The lowest BCUT2D eigenvalue weighted by molar-refractivity contribution is -0.119. The van der Waals surface area contributed by atoms with Gasteiger partial charge < -0.3 is 19.5 Å². The smallest absolute Gasteiger partial charge is 0.220 e. The minimum Gasteiger partial charge on any atom is -0.493 e. The summed E-state index contributed by atoms with van der Waals surface area (Å²) < 4.78 is 16.5. The molecule has 7 heteroatoms. The van der Waals surface area contributed by atoms with E-state index in [1.54, 1.807) is 38.1 Å². The summed E-state index contributed by atoms with van der Waals surface area (Å²) in [6.07, 6.45) is 3.36. The minimum atomic E-state index is -0.286. The van der Waals surface area contributed by atoms with Crippen LogP contribution >= 0.6 is 11.8 Å². The van der Waals surface area contributed by atoms with E-state index in [2.05, 4.69) is 5.32 Å². The minimum absolute atomic E-state index is 0.141. The van der Waals surface area contributed by atoms with Crippen molar-refractivity contribution >= 4 is 17.7 Å². The number of thioether (sulfide) groups is 1. The molecule has 0 aliphatic heterocycles. The second kappa shape index (κ2) is 8.78. The molecular formula is C22H25NO5S. The lowest BCUT2D eigenvalue weighted by Crippen LogP contribution is -2.26. The van der Waals surface area contributed by atoms with Crippen molar-refractivity contribution in [3.63, 3.8) is 0 Å². The molecule has 1 aliphatic carbocycles. The first-order chi connectivity index (χ1) is 13.9. The topological polar surface area (TPSA) is 73.9 Å². The van der Waals surface area contributed by atoms with Gasteiger partial charge in [0.1, 0.15) is 0 Å². The fourth-order valence-corrected chi connectivity index (χ4v) is 4.68. The first-order valence-electron chi connectivity index (χ1n) is 9.26. The third-order valence-electron chi connectivity index (χ3n) is 5.10. The van der Waals surface area contributed by atoms with E-state index in [1.807, 2.05) is 18.4 Å². The quantitative estimate of drug-likeness (QED) is 0.753. The molecular weight excluding hydrogens is 390 g/mol. The number of methoxy groups -OCH3 is 3. The number of rotatable bonds is 5. The predicted molar refractivity (Wildman–Crippen MR) is 114 cm³/mol. The Morgan fingerprint density at radius 3 is 2.41 bits per heavy atom. The predicted octanol–water partition coefficient (Wildman–Crippen LogP) is 3.58. The van der Waals surface area contributed by atoms with E-state index in [4.69, 9.17) is 14.2 Å². The van der Waals surface area contributed by atoms with E-state index in [0.29, 0.717) is 17.9 Å². The molecule has 29 heavy (non-hydrogen) atoms. The van der Waals surface area contributed by atoms with Crippen molar-refractivity contribution in [3.8, 4) is 28.4 Å². The highest BCUT2D eigenvalue weighted by Gasteiger charge is 2.28. The number of nitrogens with one attached hydrogen (secondary N) is 1. The van der Waals surface area contributed by atoms with Crippen LogP contribution in [-0.2, 0) is 11.2 Å². The summed E-state index contributed by atoms with van der Waals surface area (Å²) >= 11 is 1.56. The van der Waals surface area contributed by atoms with Crippen molar-refractivity contribution in [2.45, 2.75) is 30.7 Å². The Labute approximate surface area is 174 Å². The fraction of sp³-hybridized carbons (Fsp3) is 0.364. The van der Waals surface area contributed by atoms with Crippen LogP contribution in [0, 0.1) is 0 Å². The number of carbonyl (C=O) groups is 1. The SMILES string of the molecule is COc1cc2c(c(SC)c1OC)-c1ccc(OC)c(=O)cc1[C@@H](NC(C)=O)CC2. The molecule has 0 heterocycles. The Hall–Kier alpha value is -2.67. The Balaban J connectivity index is 2.41. The third-order valence-corrected chi connectivity index (χ3v) is 5.90. The molecule has 1 amide bonds. The van der Waals surface area contributed by atoms with Gasteiger partial charge in [0.25, 0.3) is 0 Å². The highest BCUT2D eigenvalue weighted by Crippen LogP contribution is 2.49. The summed E-state index contributed by atoms with van der Waals surface area (Å²) in [6.45, 7) is 1.48. The van der Waals surface area contributed by atoms with E-state index in [0.717, 1.165) is 33.6 Å². The first-order valence-corrected chi connectivity index (χ1v) is 10.5. The fourth-order valence-electron chi connectivity index (χ4n) is 3.86. The van der Waals surface area contributed by atoms with Gasteiger partial charge in [-0.05, 0) is 54.0 Å². The lowest BCUT2D eigenvalue weighted by Gasteiger charge is -2.19. The summed E-state index contributed by atoms with van der Waals surface area (Å²) in [5.74, 6) is 1.44. The second-order valence-corrected chi connectivity index (χ2v) is 7.57. The van der Waals surface area contributed by atoms with Crippen molar-refractivity contribution in [1.29, 1.82) is 0 Å². The van der Waals surface area contributed by atoms with Crippen LogP contribution in [0.3, 0.4) is 0 Å². The maximum Gasteiger partial charge on any atom is 0.220 e. The van der Waals surface area contributed by atoms with Crippen LogP contribution in [-0.4, -0.2) is 33.5 Å². The molecule has 0 unspecified atom stereocenters. The first kappa shape index (κ1) is 21.0. The van der Waals surface area contributed by atoms with Gasteiger partial charge in [-0.2, -0.15) is 0 Å². The molecule has 154 valence electrons. The van der Waals surface area contributed by atoms with Gasteiger partial charge >= 0.3 is 0 Å². The zero-order valence-electron chi connectivity index (χ0n) is 17.3. The standard InChI is InChI=1S/C22H25NO5S/c1-12(24)23-16-8-6-13-10-19(27-3)21(28-4)22(29-5)20(13)14-7-9-18(26-2)17(25)11-15(14)16/h7,9-11,16H,6,8H2,1-5H3,(H,23,24)/t16-/m0/s1. The van der Waals surface area contributed by atoms with E-state index in [1.165, 1.54) is 14.0 Å². The molecule has 1 N–H and O–H groups in total. The highest BCUT2D eigenvalue weighted by molar-refractivity contribution is 7.98. The summed E-state index contributed by atoms with van der Waals surface area (Å²) in [6, 6.07) is 6.84. The summed E-state index contributed by atoms with van der Waals surface area (Å²) in [5.41, 5.74) is 3.50. The van der Waals surface area contributed by atoms with Crippen LogP contribution < -0.4 is 25.0 Å². The molecule has 6 nitrogen and oxygen atoms in total. The van der Waals surface area contributed by atoms with Crippen LogP contribution in [0.1, 0.15) is 30.5 Å². The van der Waals surface area contributed by atoms with Crippen molar-refractivity contribution in [3.05, 3.63) is 45.6 Å². The molecule has 0 saturated heterocycles. The van der Waals surface area contributed by atoms with Gasteiger partial charge in [0.2, 0.25) is 11.3 Å². The number of aryl methyl sites for hydroxylation is 1. The highest BCUT2D eigenvalue weighted by atomic mass is 32.2. The number of benzene rings is 1. The number of ether oxygens (including phenoxy) is 3. The number of hydrogen-bond acceptors (Lipinski definition) is 6. The Morgan fingerprint density at radius 1 is 1.10 bits per heavy atom. The van der Waals surface area contributed by atoms with Crippen LogP contribution in [0.25, 0.3) is 11.1 Å². The van der Waals surface area contributed by atoms with Gasteiger partial charge in [-0.3, -0.25) is 9.59 Å². The number of fused-ring (bicyclic) bond motifs is 3. The lowest BCUT2D eigenvalue weighted by atomic mass is 9.96. The van der Waals surface area contributed by atoms with Gasteiger partial charge in [-0.25, -0.2) is 0 Å². The maximum absolute atomic E-state index is 12.7. The second-order valence-electron chi connectivity index (χ2n) is 6.75. The van der Waals surface area contributed by atoms with Crippen molar-refractivity contribution in [2.75, 3.05) is 27.6 Å². The van der Waals surface area contributed by atoms with Gasteiger partial charge in [0.15, 0.2) is 17.2 Å². The molecule has 1 aliphatic rings. The summed E-state index contributed by atoms with van der Waals surface area (Å²) in [4.78, 5) is 25.5. The zero-order chi connectivity index (χ0) is 21.1. The van der Waals surface area contributed by atoms with E-state index >= 15 is 0 Å². The van der Waals surface area contributed by atoms with E-state index in [9.17, 15) is 9.59 Å². The molecule has 0 fully saturated rings. The van der Waals surface area contributed by atoms with Crippen molar-refractivity contribution < 1.29 is 19.0 Å². The molecule has 0 spiro atoms. The summed E-state index contributed by atoms with van der Waals surface area (Å²) in [5, 5.41) is 3.00. The molecule has 0 saturated carbocycles. The largest absolute Gasteiger partial charge is 0.493 e. The molecule has 3 rings (SSSR count). The van der Waals surface area contributed by atoms with Crippen LogP contribution in [0.4, 0.5) is 0 Å². The zero-order valence-corrected chi connectivity index (χ0v) is 18.1. The number of hydrogen-bond donors (Lipinski definition) is 1. The molecule has 0 bridgehead atoms. The molecule has 2 aromatic carbocycles. The van der Waals surface area contributed by atoms with Gasteiger partial charge in [-0.1, -0.05) is 6.07 Å². The van der Waals surface area contributed by atoms with Gasteiger partial charge in [-0.15, -0.1) is 11.8 Å². The molecule has 0 aromatic heterocycles. The number of amides is 1. The van der Waals surface area contributed by atoms with Crippen LogP contribution in [0.5, 0.6) is 17.2 Å². The van der Waals surface area contributed by atoms with Crippen molar-refractivity contribution in [1.82, 2.24) is 5.32 Å². The van der Waals surface area contributed by atoms with Gasteiger partial charge in [0, 0.05) is 12.5 Å². The molecule has 1 atom stereocenters. The average Bonchev–Trinajstić information content (AvgIpc) is 2.95. The van der Waals surface area contributed by atoms with Gasteiger partial charge in [0.05, 0.1) is 32.3 Å². The third kappa shape index (κ3) is 3.92. The van der Waals surface area contributed by atoms with Crippen LogP contribution in [0.15, 0.2) is 34.0 Å². The average molecular weight is 416 g/mol. The van der Waals surface area contributed by atoms with Crippen LogP contribution in [0.2, 0.25) is 0 Å². The Bertz CT molecular complexity index is 1010. The Kier molecular flexibility index (Phi) is 6.37. The van der Waals surface area contributed by atoms with Crippen molar-refractivity contribution in [2.24, 2.45) is 0 Å². The molecule has 2 aromatic rings. The normalized spacial score (nSPS) is 14.9. The Morgan fingerprint density at radius 2 is 1.83 bits per heavy atom. The number of carbonyl (C=O) groups excluding carboxylic acids is 1. The molecule has 0 radical (unpaired) electrons. The maximum atomic E-state index is 12.7. The van der Waals surface area contributed by atoms with E-state index < -0.39 is 0 Å². The van der Waals surface area contributed by atoms with E-state index in [-0.39, 0.29) is 23.1 Å². The monoisotopic (exact) mass is 415 g/mol. The summed E-state index contributed by atoms with van der Waals surface area (Å²) in [7, 11) is 4.71.